The van der Waals surface area contributed by atoms with Gasteiger partial charge >= 0.3 is 0 Å². The lowest BCUT2D eigenvalue weighted by atomic mass is 9.80. The molecule has 0 N–H and O–H groups in total. The van der Waals surface area contributed by atoms with Crippen LogP contribution in [0.4, 0.5) is 0 Å². The molecule has 0 unspecified atom stereocenters. The van der Waals surface area contributed by atoms with E-state index in [9.17, 15) is 0 Å². The van der Waals surface area contributed by atoms with Crippen molar-refractivity contribution in [2.75, 3.05) is 0 Å². The lowest BCUT2D eigenvalue weighted by Crippen LogP contribution is -2.24. The molecule has 10 aromatic rings. The van der Waals surface area contributed by atoms with Crippen molar-refractivity contribution in [2.24, 2.45) is 0 Å². The summed E-state index contributed by atoms with van der Waals surface area (Å²) in [6.45, 7) is 13.3. The summed E-state index contributed by atoms with van der Waals surface area (Å²) < 4.78 is 2.70. The topological polar surface area (TPSA) is 0 Å². The molecule has 56 heavy (non-hydrogen) atoms. The fourth-order valence-electron chi connectivity index (χ4n) is 9.69. The zero-order chi connectivity index (χ0) is 37.7. The Labute approximate surface area is 330 Å². The molecule has 264 valence electrons. The Bertz CT molecular complexity index is 3370. The zero-order valence-electron chi connectivity index (χ0n) is 31.5. The minimum absolute atomic E-state index is 0.154. The fourth-order valence-corrected chi connectivity index (χ4v) is 10.8. The zero-order valence-corrected chi connectivity index (χ0v) is 32.3. The van der Waals surface area contributed by atoms with Crippen molar-refractivity contribution < 1.29 is 0 Å². The highest BCUT2D eigenvalue weighted by Crippen LogP contribution is 2.54. The Hall–Kier alpha value is -6.54. The number of benzene rings is 9. The van der Waals surface area contributed by atoms with E-state index in [2.05, 4.69) is 185 Å². The van der Waals surface area contributed by atoms with E-state index in [1.165, 1.54) is 97.0 Å². The van der Waals surface area contributed by atoms with Gasteiger partial charge in [-0.15, -0.1) is 11.3 Å². The second-order valence-electron chi connectivity index (χ2n) is 15.7. The van der Waals surface area contributed by atoms with Gasteiger partial charge in [0.15, 0.2) is 0 Å². The molecule has 0 fully saturated rings. The van der Waals surface area contributed by atoms with Crippen molar-refractivity contribution in [3.05, 3.63) is 204 Å². The van der Waals surface area contributed by atoms with Gasteiger partial charge in [-0.05, 0) is 129 Å². The van der Waals surface area contributed by atoms with Crippen LogP contribution in [-0.4, -0.2) is 0 Å². The third-order valence-electron chi connectivity index (χ3n) is 12.3. The lowest BCUT2D eigenvalue weighted by molar-refractivity contribution is 0.661. The third-order valence-corrected chi connectivity index (χ3v) is 13.5. The van der Waals surface area contributed by atoms with Gasteiger partial charge in [0.05, 0.1) is 0 Å². The standard InChI is InChI=1S/C55H38S/c1-5-38(39-18-7-6-15-33(39)2)34-16-14-17-36(29-34)52-41-20-8-10-22-43(41)53(44-23-11-9-21-42(44)52)37-25-27-45-49(30-37)55(3,4)48-28-26-35-31-51-47(32-46(35)54(45)48)40-19-12-13-24-50(40)56-51/h5-32H,1-2H2,3-4H3/b39-38+. The molecule has 1 heteroatoms. The van der Waals surface area contributed by atoms with E-state index in [0.717, 1.165) is 21.6 Å². The second-order valence-corrected chi connectivity index (χ2v) is 16.8. The van der Waals surface area contributed by atoms with E-state index in [-0.39, 0.29) is 5.41 Å². The Morgan fingerprint density at radius 2 is 1.14 bits per heavy atom. The van der Waals surface area contributed by atoms with Crippen LogP contribution in [0.15, 0.2) is 176 Å². The second kappa shape index (κ2) is 12.2. The molecule has 0 bridgehead atoms. The van der Waals surface area contributed by atoms with Crippen LogP contribution in [0.5, 0.6) is 0 Å². The molecule has 0 saturated carbocycles. The predicted octanol–water partition coefficient (Wildman–Crippen LogP) is 13.9. The monoisotopic (exact) mass is 730 g/mol. The van der Waals surface area contributed by atoms with Gasteiger partial charge in [-0.2, -0.15) is 0 Å². The van der Waals surface area contributed by atoms with Crippen LogP contribution in [-0.2, 0) is 5.41 Å². The van der Waals surface area contributed by atoms with E-state index < -0.39 is 0 Å². The van der Waals surface area contributed by atoms with Gasteiger partial charge in [-0.3, -0.25) is 0 Å². The Morgan fingerprint density at radius 3 is 1.84 bits per heavy atom. The highest BCUT2D eigenvalue weighted by Gasteiger charge is 2.37. The van der Waals surface area contributed by atoms with Gasteiger partial charge in [-0.1, -0.05) is 167 Å². The molecular weight excluding hydrogens is 693 g/mol. The van der Waals surface area contributed by atoms with Crippen molar-refractivity contribution in [2.45, 2.75) is 19.3 Å². The van der Waals surface area contributed by atoms with Crippen LogP contribution in [0.1, 0.15) is 30.5 Å². The molecule has 0 saturated heterocycles. The van der Waals surface area contributed by atoms with Crippen molar-refractivity contribution in [1.82, 2.24) is 0 Å². The maximum Gasteiger partial charge on any atom is 0.0361 e. The van der Waals surface area contributed by atoms with Gasteiger partial charge in [0, 0.05) is 25.6 Å². The number of hydrogen-bond acceptors (Lipinski definition) is 1. The van der Waals surface area contributed by atoms with Crippen LogP contribution in [0, 0.1) is 0 Å². The van der Waals surface area contributed by atoms with Gasteiger partial charge in [0.25, 0.3) is 0 Å². The molecule has 0 spiro atoms. The van der Waals surface area contributed by atoms with Gasteiger partial charge < -0.3 is 0 Å². The smallest absolute Gasteiger partial charge is 0.0361 e. The summed E-state index contributed by atoms with van der Waals surface area (Å²) in [6, 6.07) is 60.8. The SMILES string of the molecule is C=C/C(c1cccc(-c2c3ccccc3c(-c3ccc4c(c3)C(C)(C)c3ccc5cc6sc7ccccc7c6cc5c3-4)c3ccccc23)c1)=c1/ccccc1=C. The van der Waals surface area contributed by atoms with Crippen molar-refractivity contribution in [3.8, 4) is 33.4 Å². The average Bonchev–Trinajstić information content (AvgIpc) is 3.70. The molecule has 1 heterocycles. The van der Waals surface area contributed by atoms with E-state index >= 15 is 0 Å². The van der Waals surface area contributed by atoms with Crippen molar-refractivity contribution >= 4 is 76.0 Å². The Morgan fingerprint density at radius 1 is 0.500 bits per heavy atom. The summed E-state index contributed by atoms with van der Waals surface area (Å²) in [4.78, 5) is 0. The fraction of sp³-hybridized carbons (Fsp3) is 0.0545. The first kappa shape index (κ1) is 32.9. The van der Waals surface area contributed by atoms with Crippen LogP contribution in [0.2, 0.25) is 0 Å². The predicted molar refractivity (Wildman–Crippen MR) is 244 cm³/mol. The molecule has 0 radical (unpaired) electrons. The molecule has 1 aliphatic rings. The van der Waals surface area contributed by atoms with E-state index in [4.69, 9.17) is 0 Å². The largest absolute Gasteiger partial charge is 0.135 e. The van der Waals surface area contributed by atoms with Crippen molar-refractivity contribution in [3.63, 3.8) is 0 Å². The highest BCUT2D eigenvalue weighted by atomic mass is 32.1. The van der Waals surface area contributed by atoms with E-state index in [0.29, 0.717) is 0 Å². The number of rotatable bonds is 4. The van der Waals surface area contributed by atoms with E-state index in [1.807, 2.05) is 23.5 Å². The first-order valence-corrected chi connectivity index (χ1v) is 20.2. The molecule has 0 aliphatic heterocycles. The summed E-state index contributed by atoms with van der Waals surface area (Å²) >= 11 is 1.89. The van der Waals surface area contributed by atoms with E-state index in [1.54, 1.807) is 0 Å². The summed E-state index contributed by atoms with van der Waals surface area (Å²) in [7, 11) is 0. The van der Waals surface area contributed by atoms with Gasteiger partial charge in [-0.25, -0.2) is 0 Å². The Balaban J connectivity index is 1.13. The van der Waals surface area contributed by atoms with Crippen LogP contribution >= 0.6 is 11.3 Å². The van der Waals surface area contributed by atoms with Gasteiger partial charge in [0.2, 0.25) is 0 Å². The van der Waals surface area contributed by atoms with Crippen LogP contribution < -0.4 is 10.4 Å². The molecule has 0 amide bonds. The highest BCUT2D eigenvalue weighted by molar-refractivity contribution is 7.25. The molecule has 9 aromatic carbocycles. The maximum absolute atomic E-state index is 4.32. The van der Waals surface area contributed by atoms with Gasteiger partial charge in [0.1, 0.15) is 0 Å². The summed E-state index contributed by atoms with van der Waals surface area (Å²) in [5, 5.41) is 12.5. The number of thiophene rings is 1. The number of hydrogen-bond donors (Lipinski definition) is 0. The lowest BCUT2D eigenvalue weighted by Gasteiger charge is -2.23. The third kappa shape index (κ3) is 4.71. The number of allylic oxidation sites excluding steroid dienone is 1. The Kier molecular flexibility index (Phi) is 7.18. The summed E-state index contributed by atoms with van der Waals surface area (Å²) in [5.41, 5.74) is 12.6. The molecule has 0 nitrogen and oxygen atoms in total. The first-order valence-electron chi connectivity index (χ1n) is 19.4. The molecule has 0 atom stereocenters. The maximum atomic E-state index is 4.32. The number of fused-ring (bicyclic) bond motifs is 10. The molecule has 11 rings (SSSR count). The first-order chi connectivity index (χ1) is 27.4. The summed E-state index contributed by atoms with van der Waals surface area (Å²) in [6.07, 6.45) is 1.96. The minimum atomic E-state index is -0.154. The molecule has 1 aromatic heterocycles. The molecular formula is C55H38S. The average molecular weight is 731 g/mol. The summed E-state index contributed by atoms with van der Waals surface area (Å²) in [5.74, 6) is 0. The normalized spacial score (nSPS) is 13.8. The quantitative estimate of drug-likeness (QED) is 0.158. The minimum Gasteiger partial charge on any atom is -0.135 e. The van der Waals surface area contributed by atoms with Crippen LogP contribution in [0.25, 0.3) is 98.0 Å². The van der Waals surface area contributed by atoms with Crippen LogP contribution in [0.3, 0.4) is 0 Å². The van der Waals surface area contributed by atoms with Crippen molar-refractivity contribution in [1.29, 1.82) is 0 Å². The molecule has 1 aliphatic carbocycles.